The predicted octanol–water partition coefficient (Wildman–Crippen LogP) is 5.92. The van der Waals surface area contributed by atoms with Crippen molar-refractivity contribution in [3.8, 4) is 12.1 Å². The molecule has 4 aromatic carbocycles. The van der Waals surface area contributed by atoms with Crippen molar-refractivity contribution in [2.24, 2.45) is 0 Å². The zero-order chi connectivity index (χ0) is 24.6. The molecule has 172 valence electrons. The third-order valence-electron chi connectivity index (χ3n) is 5.67. The normalized spacial score (nSPS) is 10.5. The molecule has 4 rings (SSSR count). The Morgan fingerprint density at radius 2 is 0.971 bits per heavy atom. The summed E-state index contributed by atoms with van der Waals surface area (Å²) in [6.07, 6.45) is 2.09. The van der Waals surface area contributed by atoms with Crippen molar-refractivity contribution >= 4 is 33.5 Å². The number of fused-ring (bicyclic) bond motifs is 2. The fourth-order valence-electron chi connectivity index (χ4n) is 3.76. The van der Waals surface area contributed by atoms with E-state index in [1.165, 1.54) is 0 Å². The Balaban J connectivity index is 1.17. The van der Waals surface area contributed by atoms with Crippen LogP contribution < -0.4 is 0 Å². The summed E-state index contributed by atoms with van der Waals surface area (Å²) < 4.78 is 10.7. The van der Waals surface area contributed by atoms with E-state index in [0.717, 1.165) is 28.0 Å². The summed E-state index contributed by atoms with van der Waals surface area (Å²) in [6.45, 7) is 0.571. The van der Waals surface area contributed by atoms with Crippen LogP contribution in [-0.4, -0.2) is 25.2 Å². The molecule has 0 aliphatic carbocycles. The van der Waals surface area contributed by atoms with Gasteiger partial charge in [-0.1, -0.05) is 24.3 Å². The summed E-state index contributed by atoms with van der Waals surface area (Å²) in [5.74, 6) is -0.776. The van der Waals surface area contributed by atoms with E-state index in [1.54, 1.807) is 60.7 Å². The van der Waals surface area contributed by atoms with Crippen LogP contribution >= 0.6 is 0 Å². The zero-order valence-electron chi connectivity index (χ0n) is 19.0. The van der Waals surface area contributed by atoms with Crippen molar-refractivity contribution in [1.82, 2.24) is 0 Å². The predicted molar refractivity (Wildman–Crippen MR) is 132 cm³/mol. The first-order valence-electron chi connectivity index (χ1n) is 11.3. The highest BCUT2D eigenvalue weighted by molar-refractivity contribution is 5.96. The maximum Gasteiger partial charge on any atom is 0.338 e. The second kappa shape index (κ2) is 11.0. The fraction of sp³-hybridized carbons (Fsp3) is 0.172. The van der Waals surface area contributed by atoms with Crippen molar-refractivity contribution in [2.75, 3.05) is 13.2 Å². The molecule has 0 atom stereocenters. The molecule has 4 aromatic rings. The summed E-state index contributed by atoms with van der Waals surface area (Å²) in [6, 6.07) is 25.3. The number of nitrogens with zero attached hydrogens (tertiary/aromatic N) is 2. The van der Waals surface area contributed by atoms with Gasteiger partial charge in [-0.15, -0.1) is 0 Å². The molecule has 0 amide bonds. The van der Waals surface area contributed by atoms with Gasteiger partial charge in [0, 0.05) is 0 Å². The quantitative estimate of drug-likeness (QED) is 0.238. The van der Waals surface area contributed by atoms with Gasteiger partial charge in [-0.3, -0.25) is 0 Å². The van der Waals surface area contributed by atoms with Crippen molar-refractivity contribution in [3.63, 3.8) is 0 Å². The molecule has 35 heavy (non-hydrogen) atoms. The molecule has 0 unspecified atom stereocenters. The van der Waals surface area contributed by atoms with E-state index in [0.29, 0.717) is 35.1 Å². The average molecular weight is 463 g/mol. The summed E-state index contributed by atoms with van der Waals surface area (Å²) in [7, 11) is 0. The lowest BCUT2D eigenvalue weighted by Gasteiger charge is -2.08. The number of benzene rings is 4. The number of esters is 2. The third kappa shape index (κ3) is 5.82. The first kappa shape index (κ1) is 23.5. The SMILES string of the molecule is N#Cc1ccc2cc(C(=O)OCCCCCOC(=O)c3ccc4cc(C#N)ccc4c3)ccc2c1. The van der Waals surface area contributed by atoms with Gasteiger partial charge in [0.15, 0.2) is 0 Å². The van der Waals surface area contributed by atoms with Crippen molar-refractivity contribution in [2.45, 2.75) is 19.3 Å². The lowest BCUT2D eigenvalue weighted by molar-refractivity contribution is 0.0478. The van der Waals surface area contributed by atoms with Crippen molar-refractivity contribution in [3.05, 3.63) is 95.1 Å². The molecule has 6 heteroatoms. The molecule has 0 radical (unpaired) electrons. The summed E-state index contributed by atoms with van der Waals surface area (Å²) in [5.41, 5.74) is 2.09. The smallest absolute Gasteiger partial charge is 0.338 e. The Bertz CT molecular complexity index is 1380. The number of nitriles is 2. The van der Waals surface area contributed by atoms with E-state index in [4.69, 9.17) is 20.0 Å². The second-order valence-electron chi connectivity index (χ2n) is 8.11. The van der Waals surface area contributed by atoms with Gasteiger partial charge in [-0.2, -0.15) is 10.5 Å². The number of hydrogen-bond acceptors (Lipinski definition) is 6. The Morgan fingerprint density at radius 3 is 1.40 bits per heavy atom. The van der Waals surface area contributed by atoms with E-state index in [1.807, 2.05) is 12.1 Å². The molecular formula is C29H22N2O4. The number of ether oxygens (including phenoxy) is 2. The maximum absolute atomic E-state index is 12.3. The number of carbonyl (C=O) groups excluding carboxylic acids is 2. The van der Waals surface area contributed by atoms with Gasteiger partial charge in [0.25, 0.3) is 0 Å². The molecule has 0 aliphatic heterocycles. The molecule has 0 spiro atoms. The molecule has 0 heterocycles. The van der Waals surface area contributed by atoms with Gasteiger partial charge in [0.05, 0.1) is 47.6 Å². The molecule has 0 saturated heterocycles. The van der Waals surface area contributed by atoms with Crippen LogP contribution in [-0.2, 0) is 9.47 Å². The number of hydrogen-bond donors (Lipinski definition) is 0. The molecule has 0 fully saturated rings. The first-order valence-corrected chi connectivity index (χ1v) is 11.3. The van der Waals surface area contributed by atoms with Crippen LogP contribution in [0.3, 0.4) is 0 Å². The molecule has 0 bridgehead atoms. The molecule has 0 N–H and O–H groups in total. The minimum atomic E-state index is -0.388. The minimum Gasteiger partial charge on any atom is -0.462 e. The Hall–Kier alpha value is -4.68. The van der Waals surface area contributed by atoms with Crippen LogP contribution in [0.1, 0.15) is 51.1 Å². The van der Waals surface area contributed by atoms with Crippen molar-refractivity contribution in [1.29, 1.82) is 10.5 Å². The minimum absolute atomic E-state index is 0.285. The highest BCUT2D eigenvalue weighted by Crippen LogP contribution is 2.20. The van der Waals surface area contributed by atoms with Crippen LogP contribution in [0, 0.1) is 22.7 Å². The van der Waals surface area contributed by atoms with Gasteiger partial charge in [-0.25, -0.2) is 9.59 Å². The summed E-state index contributed by atoms with van der Waals surface area (Å²) >= 11 is 0. The Kier molecular flexibility index (Phi) is 7.35. The number of rotatable bonds is 8. The topological polar surface area (TPSA) is 100 Å². The van der Waals surface area contributed by atoms with Gasteiger partial charge >= 0.3 is 11.9 Å². The molecule has 0 aromatic heterocycles. The van der Waals surface area contributed by atoms with Gasteiger partial charge in [0.1, 0.15) is 0 Å². The van der Waals surface area contributed by atoms with Crippen LogP contribution in [0.5, 0.6) is 0 Å². The number of carbonyl (C=O) groups is 2. The van der Waals surface area contributed by atoms with Crippen molar-refractivity contribution < 1.29 is 19.1 Å². The average Bonchev–Trinajstić information content (AvgIpc) is 2.90. The van der Waals surface area contributed by atoms with Crippen LogP contribution in [0.15, 0.2) is 72.8 Å². The maximum atomic E-state index is 12.3. The molecular weight excluding hydrogens is 440 g/mol. The highest BCUT2D eigenvalue weighted by atomic mass is 16.5. The fourth-order valence-corrected chi connectivity index (χ4v) is 3.76. The van der Waals surface area contributed by atoms with Crippen LogP contribution in [0.2, 0.25) is 0 Å². The third-order valence-corrected chi connectivity index (χ3v) is 5.67. The molecule has 0 aliphatic rings. The summed E-state index contributed by atoms with van der Waals surface area (Å²) in [5, 5.41) is 21.5. The highest BCUT2D eigenvalue weighted by Gasteiger charge is 2.10. The van der Waals surface area contributed by atoms with Crippen LogP contribution in [0.4, 0.5) is 0 Å². The molecule has 6 nitrogen and oxygen atoms in total. The molecule has 0 saturated carbocycles. The van der Waals surface area contributed by atoms with E-state index >= 15 is 0 Å². The largest absolute Gasteiger partial charge is 0.462 e. The number of unbranched alkanes of at least 4 members (excludes halogenated alkanes) is 2. The van der Waals surface area contributed by atoms with E-state index in [-0.39, 0.29) is 25.2 Å². The van der Waals surface area contributed by atoms with Crippen LogP contribution in [0.25, 0.3) is 21.5 Å². The zero-order valence-corrected chi connectivity index (χ0v) is 19.0. The lowest BCUT2D eigenvalue weighted by Crippen LogP contribution is -2.08. The van der Waals surface area contributed by atoms with E-state index < -0.39 is 0 Å². The van der Waals surface area contributed by atoms with Gasteiger partial charge in [0.2, 0.25) is 0 Å². The Morgan fingerprint density at radius 1 is 0.571 bits per heavy atom. The van der Waals surface area contributed by atoms with Gasteiger partial charge < -0.3 is 9.47 Å². The Labute approximate surface area is 202 Å². The first-order chi connectivity index (χ1) is 17.1. The second-order valence-corrected chi connectivity index (χ2v) is 8.11. The van der Waals surface area contributed by atoms with Gasteiger partial charge in [-0.05, 0) is 89.3 Å². The standard InChI is InChI=1S/C29H22N2O4/c30-18-20-4-6-24-16-26(10-8-22(24)14-20)28(32)34-12-2-1-3-13-35-29(33)27-11-9-23-15-21(19-31)5-7-25(23)17-27/h4-11,14-17H,1-3,12-13H2. The van der Waals surface area contributed by atoms with E-state index in [9.17, 15) is 9.59 Å². The summed E-state index contributed by atoms with van der Waals surface area (Å²) in [4.78, 5) is 24.6. The monoisotopic (exact) mass is 462 g/mol. The lowest BCUT2D eigenvalue weighted by atomic mass is 10.0. The van der Waals surface area contributed by atoms with E-state index in [2.05, 4.69) is 12.1 Å².